The van der Waals surface area contributed by atoms with Gasteiger partial charge in [0, 0.05) is 17.0 Å². The van der Waals surface area contributed by atoms with Gasteiger partial charge in [-0.2, -0.15) is 0 Å². The summed E-state index contributed by atoms with van der Waals surface area (Å²) < 4.78 is 15.6. The van der Waals surface area contributed by atoms with Gasteiger partial charge in [0.15, 0.2) is 0 Å². The maximum Gasteiger partial charge on any atom is 0.262 e. The van der Waals surface area contributed by atoms with Gasteiger partial charge >= 0.3 is 0 Å². The van der Waals surface area contributed by atoms with E-state index in [0.29, 0.717) is 10.9 Å². The number of benzene rings is 1. The first-order valence-electron chi connectivity index (χ1n) is 7.63. The van der Waals surface area contributed by atoms with Crippen molar-refractivity contribution in [2.45, 2.75) is 25.9 Å². The molecule has 4 nitrogen and oxygen atoms in total. The van der Waals surface area contributed by atoms with Gasteiger partial charge in [0.2, 0.25) is 0 Å². The molecule has 3 heterocycles. The number of aromatic nitrogens is 2. The molecule has 0 radical (unpaired) electrons. The Morgan fingerprint density at radius 1 is 1.39 bits per heavy atom. The Morgan fingerprint density at radius 3 is 3.04 bits per heavy atom. The van der Waals surface area contributed by atoms with Crippen molar-refractivity contribution in [1.82, 2.24) is 14.9 Å². The van der Waals surface area contributed by atoms with E-state index in [1.54, 1.807) is 29.5 Å². The minimum Gasteiger partial charge on any atom is -0.312 e. The first-order valence-corrected chi connectivity index (χ1v) is 8.45. The summed E-state index contributed by atoms with van der Waals surface area (Å²) in [6, 6.07) is 6.17. The molecule has 118 valence electrons. The van der Waals surface area contributed by atoms with Crippen LogP contribution >= 0.6 is 11.3 Å². The van der Waals surface area contributed by atoms with Crippen LogP contribution in [0.3, 0.4) is 0 Å². The minimum atomic E-state index is -0.391. The van der Waals surface area contributed by atoms with Crippen molar-refractivity contribution >= 4 is 21.6 Å². The summed E-state index contributed by atoms with van der Waals surface area (Å²) in [5, 5.41) is 4.02. The van der Waals surface area contributed by atoms with Crippen molar-refractivity contribution < 1.29 is 4.39 Å². The highest BCUT2D eigenvalue weighted by Crippen LogP contribution is 2.30. The van der Waals surface area contributed by atoms with Crippen LogP contribution in [0.5, 0.6) is 0 Å². The monoisotopic (exact) mass is 329 g/mol. The van der Waals surface area contributed by atoms with Crippen molar-refractivity contribution in [3.63, 3.8) is 0 Å². The molecule has 0 bridgehead atoms. The van der Waals surface area contributed by atoms with Crippen molar-refractivity contribution in [2.75, 3.05) is 6.54 Å². The Kier molecular flexibility index (Phi) is 3.50. The highest BCUT2D eigenvalue weighted by Gasteiger charge is 2.22. The lowest BCUT2D eigenvalue weighted by atomic mass is 10.1. The number of hydrogen-bond donors (Lipinski definition) is 1. The van der Waals surface area contributed by atoms with Crippen LogP contribution in [0.2, 0.25) is 0 Å². The van der Waals surface area contributed by atoms with Gasteiger partial charge in [-0.25, -0.2) is 9.37 Å². The highest BCUT2D eigenvalue weighted by atomic mass is 32.1. The number of rotatable bonds is 2. The second-order valence-electron chi connectivity index (χ2n) is 5.77. The number of hydrogen-bond acceptors (Lipinski definition) is 4. The van der Waals surface area contributed by atoms with Gasteiger partial charge in [-0.05, 0) is 31.5 Å². The van der Waals surface area contributed by atoms with E-state index in [1.807, 2.05) is 6.92 Å². The molecule has 1 aliphatic heterocycles. The molecule has 0 aliphatic carbocycles. The Morgan fingerprint density at radius 2 is 2.22 bits per heavy atom. The molecule has 3 aromatic rings. The van der Waals surface area contributed by atoms with Gasteiger partial charge < -0.3 is 5.32 Å². The first-order chi connectivity index (χ1) is 11.2. The Labute approximate surface area is 136 Å². The average Bonchev–Trinajstić information content (AvgIpc) is 2.94. The maximum absolute atomic E-state index is 14.0. The van der Waals surface area contributed by atoms with Crippen LogP contribution in [0.1, 0.15) is 29.0 Å². The van der Waals surface area contributed by atoms with Crippen LogP contribution in [0, 0.1) is 5.82 Å². The summed E-state index contributed by atoms with van der Waals surface area (Å²) in [7, 11) is 0. The van der Waals surface area contributed by atoms with Crippen molar-refractivity contribution in [3.8, 4) is 0 Å². The minimum absolute atomic E-state index is 0.0786. The second kappa shape index (κ2) is 5.54. The Hall–Kier alpha value is -2.05. The molecule has 0 saturated carbocycles. The molecule has 2 aromatic heterocycles. The van der Waals surface area contributed by atoms with E-state index in [4.69, 9.17) is 0 Å². The molecule has 1 N–H and O–H groups in total. The number of nitrogens with one attached hydrogen (secondary N) is 1. The summed E-state index contributed by atoms with van der Waals surface area (Å²) in [4.78, 5) is 19.4. The van der Waals surface area contributed by atoms with E-state index < -0.39 is 6.04 Å². The quantitative estimate of drug-likeness (QED) is 0.786. The molecule has 23 heavy (non-hydrogen) atoms. The zero-order chi connectivity index (χ0) is 16.0. The fourth-order valence-electron chi connectivity index (χ4n) is 3.17. The first kappa shape index (κ1) is 14.5. The summed E-state index contributed by atoms with van der Waals surface area (Å²) >= 11 is 1.57. The third kappa shape index (κ3) is 2.29. The molecule has 4 rings (SSSR count). The fourth-order valence-corrected chi connectivity index (χ4v) is 4.31. The van der Waals surface area contributed by atoms with E-state index in [9.17, 15) is 9.18 Å². The summed E-state index contributed by atoms with van der Waals surface area (Å²) in [6.45, 7) is 3.49. The molecule has 1 atom stereocenters. The predicted octanol–water partition coefficient (Wildman–Crippen LogP) is 2.85. The van der Waals surface area contributed by atoms with E-state index >= 15 is 0 Å². The van der Waals surface area contributed by atoms with E-state index in [0.717, 1.165) is 29.9 Å². The molecule has 1 aromatic carbocycles. The molecule has 0 spiro atoms. The average molecular weight is 329 g/mol. The smallest absolute Gasteiger partial charge is 0.262 e. The van der Waals surface area contributed by atoms with Crippen LogP contribution in [0.25, 0.3) is 10.2 Å². The van der Waals surface area contributed by atoms with Crippen molar-refractivity contribution in [1.29, 1.82) is 0 Å². The zero-order valence-corrected chi connectivity index (χ0v) is 13.5. The lowest BCUT2D eigenvalue weighted by Gasteiger charge is -2.16. The number of halogens is 1. The molecule has 0 saturated heterocycles. The molecular weight excluding hydrogens is 313 g/mol. The van der Waals surface area contributed by atoms with Crippen molar-refractivity contribution in [3.05, 3.63) is 62.8 Å². The second-order valence-corrected chi connectivity index (χ2v) is 6.85. The van der Waals surface area contributed by atoms with E-state index in [1.165, 1.54) is 21.8 Å². The highest BCUT2D eigenvalue weighted by molar-refractivity contribution is 7.18. The van der Waals surface area contributed by atoms with Crippen LogP contribution < -0.4 is 10.9 Å². The van der Waals surface area contributed by atoms with Crippen LogP contribution in [-0.4, -0.2) is 16.1 Å². The standard InChI is InChI=1S/C17H16FN3OS/c1-10(11-4-2-3-5-13(11)18)21-9-20-16-15(17(21)22)12-6-7-19-8-14(12)23-16/h2-5,9-10,19H,6-8H2,1H3. The largest absolute Gasteiger partial charge is 0.312 e. The predicted molar refractivity (Wildman–Crippen MR) is 89.5 cm³/mol. The number of nitrogens with zero attached hydrogens (tertiary/aromatic N) is 2. The van der Waals surface area contributed by atoms with Gasteiger partial charge in [0.25, 0.3) is 5.56 Å². The topological polar surface area (TPSA) is 46.9 Å². The normalized spacial score (nSPS) is 15.6. The van der Waals surface area contributed by atoms with Gasteiger partial charge in [-0.3, -0.25) is 9.36 Å². The number of fused-ring (bicyclic) bond motifs is 3. The van der Waals surface area contributed by atoms with Gasteiger partial charge in [0.05, 0.1) is 17.8 Å². The van der Waals surface area contributed by atoms with Crippen LogP contribution in [-0.2, 0) is 13.0 Å². The lowest BCUT2D eigenvalue weighted by molar-refractivity contribution is 0.545. The lowest BCUT2D eigenvalue weighted by Crippen LogP contribution is -2.27. The molecule has 1 unspecified atom stereocenters. The van der Waals surface area contributed by atoms with Crippen LogP contribution in [0.4, 0.5) is 4.39 Å². The third-order valence-corrected chi connectivity index (χ3v) is 5.57. The maximum atomic E-state index is 14.0. The van der Waals surface area contributed by atoms with Crippen molar-refractivity contribution in [2.24, 2.45) is 0 Å². The van der Waals surface area contributed by atoms with Gasteiger partial charge in [-0.15, -0.1) is 11.3 Å². The zero-order valence-electron chi connectivity index (χ0n) is 12.7. The SMILES string of the molecule is CC(c1ccccc1F)n1cnc2sc3c(c2c1=O)CCNC3. The molecule has 0 fully saturated rings. The van der Waals surface area contributed by atoms with Crippen LogP contribution in [0.15, 0.2) is 35.4 Å². The molecule has 0 amide bonds. The molecular formula is C17H16FN3OS. The van der Waals surface area contributed by atoms with Gasteiger partial charge in [-0.1, -0.05) is 18.2 Å². The summed E-state index contributed by atoms with van der Waals surface area (Å²) in [5.74, 6) is -0.302. The summed E-state index contributed by atoms with van der Waals surface area (Å²) in [6.07, 6.45) is 2.38. The van der Waals surface area contributed by atoms with Gasteiger partial charge in [0.1, 0.15) is 10.6 Å². The third-order valence-electron chi connectivity index (χ3n) is 4.43. The Balaban J connectivity index is 1.90. The Bertz CT molecular complexity index is 947. The molecule has 1 aliphatic rings. The van der Waals surface area contributed by atoms with E-state index in [2.05, 4.69) is 10.3 Å². The summed E-state index contributed by atoms with van der Waals surface area (Å²) in [5.41, 5.74) is 1.53. The molecule has 6 heteroatoms. The fraction of sp³-hybridized carbons (Fsp3) is 0.294. The van der Waals surface area contributed by atoms with E-state index in [-0.39, 0.29) is 11.4 Å². The number of thiophene rings is 1.